The number of hydrogen-bond donors (Lipinski definition) is 1. The zero-order valence-electron chi connectivity index (χ0n) is 13.0. The number of ketones is 1. The van der Waals surface area contributed by atoms with Crippen LogP contribution in [0.2, 0.25) is 0 Å². The van der Waals surface area contributed by atoms with Crippen molar-refractivity contribution in [3.8, 4) is 5.75 Å². The van der Waals surface area contributed by atoms with Crippen LogP contribution in [0, 0.1) is 11.8 Å². The van der Waals surface area contributed by atoms with Crippen molar-refractivity contribution < 1.29 is 17.9 Å². The number of hydrogen-bond acceptors (Lipinski definition) is 4. The molecule has 0 aromatic heterocycles. The quantitative estimate of drug-likeness (QED) is 0.829. The van der Waals surface area contributed by atoms with Gasteiger partial charge in [0.1, 0.15) is 11.5 Å². The fourth-order valence-electron chi connectivity index (χ4n) is 3.23. The van der Waals surface area contributed by atoms with Gasteiger partial charge in [-0.2, -0.15) is 0 Å². The van der Waals surface area contributed by atoms with E-state index in [-0.39, 0.29) is 17.6 Å². The Morgan fingerprint density at radius 2 is 1.86 bits per heavy atom. The standard InChI is InChI=1S/C16H23NO4S/c1-3-15(12-9-13(18)10-12)16(22(17,19)20)8-11-4-6-14(21-2)7-5-11/h4-7,12,15-16H,3,8-10H2,1-2H3,(H2,17,19,20). The molecule has 2 unspecified atom stereocenters. The van der Waals surface area contributed by atoms with Crippen LogP contribution in [-0.2, 0) is 21.2 Å². The van der Waals surface area contributed by atoms with Crippen molar-refractivity contribution in [3.63, 3.8) is 0 Å². The van der Waals surface area contributed by atoms with Gasteiger partial charge in [0, 0.05) is 12.8 Å². The summed E-state index contributed by atoms with van der Waals surface area (Å²) in [5, 5.41) is 4.82. The zero-order valence-corrected chi connectivity index (χ0v) is 13.8. The number of carbonyl (C=O) groups excluding carboxylic acids is 1. The molecule has 0 radical (unpaired) electrons. The molecule has 0 saturated heterocycles. The largest absolute Gasteiger partial charge is 0.497 e. The molecular formula is C16H23NO4S. The molecule has 0 amide bonds. The lowest BCUT2D eigenvalue weighted by Gasteiger charge is -2.36. The predicted molar refractivity (Wildman–Crippen MR) is 85.1 cm³/mol. The van der Waals surface area contributed by atoms with Gasteiger partial charge in [-0.05, 0) is 36.0 Å². The van der Waals surface area contributed by atoms with Gasteiger partial charge in [0.25, 0.3) is 0 Å². The van der Waals surface area contributed by atoms with Gasteiger partial charge in [0.15, 0.2) is 0 Å². The van der Waals surface area contributed by atoms with Crippen LogP contribution in [0.25, 0.3) is 0 Å². The Bertz CT molecular complexity index is 616. The Kier molecular flexibility index (Phi) is 5.24. The smallest absolute Gasteiger partial charge is 0.212 e. The molecule has 6 heteroatoms. The predicted octanol–water partition coefficient (Wildman–Crippen LogP) is 1.90. The van der Waals surface area contributed by atoms with Crippen molar-refractivity contribution in [1.82, 2.24) is 0 Å². The first-order chi connectivity index (χ1) is 10.3. The highest BCUT2D eigenvalue weighted by Gasteiger charge is 2.40. The van der Waals surface area contributed by atoms with Gasteiger partial charge in [-0.25, -0.2) is 13.6 Å². The number of benzene rings is 1. The van der Waals surface area contributed by atoms with E-state index in [9.17, 15) is 13.2 Å². The second-order valence-electron chi connectivity index (χ2n) is 5.96. The summed E-state index contributed by atoms with van der Waals surface area (Å²) in [4.78, 5) is 11.2. The summed E-state index contributed by atoms with van der Waals surface area (Å²) in [6.07, 6.45) is 2.03. The Labute approximate surface area is 131 Å². The number of carbonyl (C=O) groups is 1. The number of Topliss-reactive ketones (excluding diaryl/α,β-unsaturated/α-hetero) is 1. The fraction of sp³-hybridized carbons (Fsp3) is 0.562. The summed E-state index contributed by atoms with van der Waals surface area (Å²) < 4.78 is 29.2. The molecule has 0 aliphatic heterocycles. The minimum Gasteiger partial charge on any atom is -0.497 e. The van der Waals surface area contributed by atoms with Gasteiger partial charge >= 0.3 is 0 Å². The molecule has 1 aliphatic rings. The Morgan fingerprint density at radius 3 is 2.27 bits per heavy atom. The van der Waals surface area contributed by atoms with Crippen LogP contribution >= 0.6 is 0 Å². The van der Waals surface area contributed by atoms with Crippen molar-refractivity contribution >= 4 is 15.8 Å². The van der Waals surface area contributed by atoms with Crippen molar-refractivity contribution in [3.05, 3.63) is 29.8 Å². The molecule has 0 bridgehead atoms. The molecule has 22 heavy (non-hydrogen) atoms. The van der Waals surface area contributed by atoms with Crippen LogP contribution in [0.4, 0.5) is 0 Å². The van der Waals surface area contributed by atoms with E-state index in [2.05, 4.69) is 0 Å². The molecular weight excluding hydrogens is 302 g/mol. The Morgan fingerprint density at radius 1 is 1.27 bits per heavy atom. The summed E-state index contributed by atoms with van der Waals surface area (Å²) in [7, 11) is -2.09. The maximum Gasteiger partial charge on any atom is 0.212 e. The third kappa shape index (κ3) is 3.87. The molecule has 5 nitrogen and oxygen atoms in total. The second-order valence-corrected chi connectivity index (χ2v) is 7.74. The van der Waals surface area contributed by atoms with E-state index in [1.807, 2.05) is 31.2 Å². The number of ether oxygens (including phenoxy) is 1. The van der Waals surface area contributed by atoms with Crippen LogP contribution in [-0.4, -0.2) is 26.6 Å². The number of sulfonamides is 1. The summed E-state index contributed by atoms with van der Waals surface area (Å²) >= 11 is 0. The first-order valence-corrected chi connectivity index (χ1v) is 9.12. The van der Waals surface area contributed by atoms with Gasteiger partial charge in [0.2, 0.25) is 10.0 Å². The first kappa shape index (κ1) is 17.0. The topological polar surface area (TPSA) is 86.5 Å². The van der Waals surface area contributed by atoms with E-state index in [0.717, 1.165) is 11.3 Å². The van der Waals surface area contributed by atoms with Crippen molar-refractivity contribution in [2.75, 3.05) is 7.11 Å². The molecule has 2 rings (SSSR count). The van der Waals surface area contributed by atoms with Gasteiger partial charge in [-0.3, -0.25) is 4.79 Å². The highest BCUT2D eigenvalue weighted by Crippen LogP contribution is 2.37. The van der Waals surface area contributed by atoms with E-state index < -0.39 is 15.3 Å². The lowest BCUT2D eigenvalue weighted by atomic mass is 9.71. The van der Waals surface area contributed by atoms with E-state index in [1.54, 1.807) is 7.11 Å². The molecule has 1 aromatic carbocycles. The summed E-state index contributed by atoms with van der Waals surface area (Å²) in [5.41, 5.74) is 0.906. The van der Waals surface area contributed by atoms with Crippen LogP contribution in [0.15, 0.2) is 24.3 Å². The normalized spacial score (nSPS) is 18.6. The van der Waals surface area contributed by atoms with Gasteiger partial charge in [-0.1, -0.05) is 25.5 Å². The van der Waals surface area contributed by atoms with Crippen molar-refractivity contribution in [2.24, 2.45) is 17.0 Å². The van der Waals surface area contributed by atoms with E-state index in [0.29, 0.717) is 25.7 Å². The van der Waals surface area contributed by atoms with Crippen molar-refractivity contribution in [1.29, 1.82) is 0 Å². The SMILES string of the molecule is CCC(C1CC(=O)C1)C(Cc1ccc(OC)cc1)S(N)(=O)=O. The Balaban J connectivity index is 2.19. The van der Waals surface area contributed by atoms with E-state index in [1.165, 1.54) is 0 Å². The highest BCUT2D eigenvalue weighted by molar-refractivity contribution is 7.89. The van der Waals surface area contributed by atoms with Gasteiger partial charge < -0.3 is 4.74 Å². The second kappa shape index (κ2) is 6.79. The monoisotopic (exact) mass is 325 g/mol. The molecule has 1 saturated carbocycles. The zero-order chi connectivity index (χ0) is 16.3. The minimum atomic E-state index is -3.67. The lowest BCUT2D eigenvalue weighted by molar-refractivity contribution is -0.128. The summed E-state index contributed by atoms with van der Waals surface area (Å²) in [6, 6.07) is 7.33. The molecule has 1 fully saturated rings. The minimum absolute atomic E-state index is 0.0743. The molecule has 1 aliphatic carbocycles. The average molecular weight is 325 g/mol. The molecule has 122 valence electrons. The van der Waals surface area contributed by atoms with Crippen LogP contribution < -0.4 is 9.88 Å². The molecule has 0 spiro atoms. The van der Waals surface area contributed by atoms with Crippen molar-refractivity contribution in [2.45, 2.75) is 37.9 Å². The van der Waals surface area contributed by atoms with E-state index in [4.69, 9.17) is 9.88 Å². The maximum atomic E-state index is 12.1. The third-order valence-electron chi connectivity index (χ3n) is 4.55. The van der Waals surface area contributed by atoms with Crippen LogP contribution in [0.1, 0.15) is 31.7 Å². The average Bonchev–Trinajstić information content (AvgIpc) is 2.44. The third-order valence-corrected chi connectivity index (χ3v) is 5.91. The number of primary sulfonamides is 1. The number of nitrogens with two attached hydrogens (primary N) is 1. The molecule has 0 heterocycles. The molecule has 1 aromatic rings. The van der Waals surface area contributed by atoms with Crippen LogP contribution in [0.5, 0.6) is 5.75 Å². The Hall–Kier alpha value is -1.40. The maximum absolute atomic E-state index is 12.1. The van der Waals surface area contributed by atoms with Gasteiger partial charge in [-0.15, -0.1) is 0 Å². The van der Waals surface area contributed by atoms with Gasteiger partial charge in [0.05, 0.1) is 12.4 Å². The van der Waals surface area contributed by atoms with Crippen LogP contribution in [0.3, 0.4) is 0 Å². The lowest BCUT2D eigenvalue weighted by Crippen LogP contribution is -2.44. The molecule has 2 atom stereocenters. The summed E-state index contributed by atoms with van der Waals surface area (Å²) in [6.45, 7) is 1.96. The number of methoxy groups -OCH3 is 1. The number of rotatable bonds is 7. The van der Waals surface area contributed by atoms with E-state index >= 15 is 0 Å². The summed E-state index contributed by atoms with van der Waals surface area (Å²) in [5.74, 6) is 1.00. The first-order valence-electron chi connectivity index (χ1n) is 7.51. The highest BCUT2D eigenvalue weighted by atomic mass is 32.2. The fourth-order valence-corrected chi connectivity index (χ4v) is 4.56. The molecule has 2 N–H and O–H groups in total.